The van der Waals surface area contributed by atoms with Gasteiger partial charge in [-0.2, -0.15) is 17.5 Å². The second-order valence-corrected chi connectivity index (χ2v) is 8.55. The fraction of sp³-hybridized carbons (Fsp3) is 0.611. The summed E-state index contributed by atoms with van der Waals surface area (Å²) in [5.74, 6) is 0.516. The van der Waals surface area contributed by atoms with Gasteiger partial charge in [0.25, 0.3) is 0 Å². The Bertz CT molecular complexity index is 764. The van der Waals surface area contributed by atoms with Gasteiger partial charge in [0.1, 0.15) is 6.10 Å². The van der Waals surface area contributed by atoms with Gasteiger partial charge < -0.3 is 15.4 Å². The minimum absolute atomic E-state index is 0.176. The van der Waals surface area contributed by atoms with E-state index in [1.54, 1.807) is 7.11 Å². The molecule has 1 aliphatic heterocycles. The van der Waals surface area contributed by atoms with Crippen LogP contribution in [0.15, 0.2) is 35.3 Å². The quantitative estimate of drug-likeness (QED) is 0.506. The first-order valence-corrected chi connectivity index (χ1v) is 10.8. The van der Waals surface area contributed by atoms with Gasteiger partial charge in [-0.05, 0) is 25.3 Å². The van der Waals surface area contributed by atoms with Crippen molar-refractivity contribution >= 4 is 16.0 Å². The lowest BCUT2D eigenvalue weighted by atomic mass is 10.1. The summed E-state index contributed by atoms with van der Waals surface area (Å²) in [5.41, 5.74) is -4.28. The van der Waals surface area contributed by atoms with E-state index in [2.05, 4.69) is 15.6 Å². The molecule has 0 aliphatic carbocycles. The first-order chi connectivity index (χ1) is 13.7. The molecule has 2 rings (SSSR count). The number of aliphatic imine (C=N–C) groups is 1. The summed E-state index contributed by atoms with van der Waals surface area (Å²) < 4.78 is 67.1. The molecule has 7 nitrogen and oxygen atoms in total. The Balaban J connectivity index is 1.96. The topological polar surface area (TPSA) is 83.0 Å². The average Bonchev–Trinajstić information content (AvgIpc) is 2.69. The maximum absolute atomic E-state index is 12.7. The van der Waals surface area contributed by atoms with Crippen molar-refractivity contribution in [2.24, 2.45) is 4.99 Å². The molecule has 2 N–H and O–H groups in total. The van der Waals surface area contributed by atoms with E-state index < -0.39 is 15.5 Å². The van der Waals surface area contributed by atoms with Crippen molar-refractivity contribution < 1.29 is 26.3 Å². The minimum Gasteiger partial charge on any atom is -0.375 e. The van der Waals surface area contributed by atoms with Crippen molar-refractivity contribution in [1.82, 2.24) is 14.9 Å². The molecule has 1 saturated heterocycles. The van der Waals surface area contributed by atoms with Crippen LogP contribution in [0.1, 0.15) is 31.4 Å². The zero-order valence-electron chi connectivity index (χ0n) is 16.4. The summed E-state index contributed by atoms with van der Waals surface area (Å²) in [4.78, 5) is 4.52. The van der Waals surface area contributed by atoms with Gasteiger partial charge in [0.15, 0.2) is 5.96 Å². The predicted molar refractivity (Wildman–Crippen MR) is 105 cm³/mol. The summed E-state index contributed by atoms with van der Waals surface area (Å²) in [5, 5.41) is 6.28. The number of hydrogen-bond donors (Lipinski definition) is 2. The van der Waals surface area contributed by atoms with E-state index in [9.17, 15) is 21.6 Å². The number of halogens is 3. The van der Waals surface area contributed by atoms with Crippen molar-refractivity contribution in [2.75, 3.05) is 33.3 Å². The van der Waals surface area contributed by atoms with E-state index in [0.717, 1.165) is 5.56 Å². The van der Waals surface area contributed by atoms with Crippen LogP contribution in [-0.2, 0) is 14.8 Å². The molecule has 29 heavy (non-hydrogen) atoms. The molecule has 0 radical (unpaired) electrons. The molecule has 1 aromatic rings. The molecule has 0 bridgehead atoms. The van der Waals surface area contributed by atoms with E-state index in [1.165, 1.54) is 0 Å². The van der Waals surface area contributed by atoms with Crippen LogP contribution in [-0.4, -0.2) is 63.5 Å². The third-order valence-corrected chi connectivity index (χ3v) is 6.27. The fourth-order valence-corrected chi connectivity index (χ4v) is 4.04. The van der Waals surface area contributed by atoms with Gasteiger partial charge in [0.2, 0.25) is 0 Å². The van der Waals surface area contributed by atoms with Crippen molar-refractivity contribution in [2.45, 2.75) is 37.4 Å². The van der Waals surface area contributed by atoms with E-state index in [4.69, 9.17) is 4.74 Å². The van der Waals surface area contributed by atoms with E-state index in [0.29, 0.717) is 23.4 Å². The molecule has 1 atom stereocenters. The molecule has 0 amide bonds. The normalized spacial score (nSPS) is 18.4. The molecule has 164 valence electrons. The van der Waals surface area contributed by atoms with Gasteiger partial charge in [-0.1, -0.05) is 30.3 Å². The number of nitrogens with one attached hydrogen (secondary N) is 2. The molecule has 1 heterocycles. The highest BCUT2D eigenvalue weighted by molar-refractivity contribution is 7.90. The van der Waals surface area contributed by atoms with Gasteiger partial charge in [-0.25, -0.2) is 8.42 Å². The summed E-state index contributed by atoms with van der Waals surface area (Å²) in [7, 11) is -3.67. The Morgan fingerprint density at radius 1 is 1.28 bits per heavy atom. The van der Waals surface area contributed by atoms with E-state index in [1.807, 2.05) is 37.3 Å². The number of sulfonamides is 1. The van der Waals surface area contributed by atoms with Crippen molar-refractivity contribution in [3.63, 3.8) is 0 Å². The van der Waals surface area contributed by atoms with Gasteiger partial charge in [-0.15, -0.1) is 0 Å². The summed E-state index contributed by atoms with van der Waals surface area (Å²) in [6, 6.07) is 9.46. The molecule has 1 aromatic carbocycles. The number of rotatable bonds is 7. The van der Waals surface area contributed by atoms with Crippen LogP contribution in [0.3, 0.4) is 0 Å². The molecule has 1 fully saturated rings. The molecule has 1 unspecified atom stereocenters. The van der Waals surface area contributed by atoms with Crippen molar-refractivity contribution in [3.05, 3.63) is 35.9 Å². The lowest BCUT2D eigenvalue weighted by Gasteiger charge is -2.32. The smallest absolute Gasteiger partial charge is 0.375 e. The monoisotopic (exact) mass is 436 g/mol. The number of alkyl halides is 3. The van der Waals surface area contributed by atoms with E-state index >= 15 is 0 Å². The highest BCUT2D eigenvalue weighted by atomic mass is 32.2. The first-order valence-electron chi connectivity index (χ1n) is 9.38. The summed E-state index contributed by atoms with van der Waals surface area (Å²) in [6.07, 6.45) is 0.281. The molecular formula is C18H27F3N4O3S. The fourth-order valence-electron chi connectivity index (χ4n) is 3.06. The van der Waals surface area contributed by atoms with Crippen molar-refractivity contribution in [3.8, 4) is 0 Å². The highest BCUT2D eigenvalue weighted by Crippen LogP contribution is 2.29. The highest BCUT2D eigenvalue weighted by Gasteiger charge is 2.50. The van der Waals surface area contributed by atoms with Gasteiger partial charge in [-0.3, -0.25) is 4.99 Å². The maximum Gasteiger partial charge on any atom is 0.511 e. The summed E-state index contributed by atoms with van der Waals surface area (Å²) in [6.45, 7) is 2.49. The number of piperidine rings is 1. The van der Waals surface area contributed by atoms with Crippen molar-refractivity contribution in [1.29, 1.82) is 0 Å². The van der Waals surface area contributed by atoms with Gasteiger partial charge in [0.05, 0.1) is 6.54 Å². The first kappa shape index (κ1) is 23.4. The third kappa shape index (κ3) is 6.31. The number of hydrogen-bond acceptors (Lipinski definition) is 4. The minimum atomic E-state index is -5.27. The lowest BCUT2D eigenvalue weighted by Crippen LogP contribution is -2.51. The van der Waals surface area contributed by atoms with Gasteiger partial charge in [0, 0.05) is 32.8 Å². The van der Waals surface area contributed by atoms with Crippen LogP contribution >= 0.6 is 0 Å². The number of methoxy groups -OCH3 is 1. The lowest BCUT2D eigenvalue weighted by molar-refractivity contribution is -0.0494. The number of nitrogens with zero attached hydrogens (tertiary/aromatic N) is 2. The Morgan fingerprint density at radius 2 is 1.90 bits per heavy atom. The van der Waals surface area contributed by atoms with Crippen LogP contribution in [0.5, 0.6) is 0 Å². The zero-order valence-corrected chi connectivity index (χ0v) is 17.3. The average molecular weight is 437 g/mol. The van der Waals surface area contributed by atoms with Crippen LogP contribution in [0.25, 0.3) is 0 Å². The zero-order chi connectivity index (χ0) is 21.5. The van der Waals surface area contributed by atoms with Gasteiger partial charge >= 0.3 is 15.5 Å². The number of ether oxygens (including phenoxy) is 1. The van der Waals surface area contributed by atoms with Crippen LogP contribution in [0, 0.1) is 0 Å². The molecule has 1 aliphatic rings. The maximum atomic E-state index is 12.7. The number of benzene rings is 1. The largest absolute Gasteiger partial charge is 0.511 e. The standard InChI is InChI=1S/C18H27F3N4O3S/c1-3-22-17(23-13-16(28-2)14-7-5-4-6-8-14)24-15-9-11-25(12-10-15)29(26,27)18(19,20)21/h4-8,15-16H,3,9-13H2,1-2H3,(H2,22,23,24). The van der Waals surface area contributed by atoms with E-state index in [-0.39, 0.29) is 38.1 Å². The molecule has 0 spiro atoms. The third-order valence-electron chi connectivity index (χ3n) is 4.64. The second kappa shape index (κ2) is 10.3. The molecular weight excluding hydrogens is 409 g/mol. The SMILES string of the molecule is CCNC(=NCC(OC)c1ccccc1)NC1CCN(S(=O)(=O)C(F)(F)F)CC1. The predicted octanol–water partition coefficient (Wildman–Crippen LogP) is 2.24. The summed E-state index contributed by atoms with van der Waals surface area (Å²) >= 11 is 0. The Labute approximate surface area is 169 Å². The molecule has 0 aromatic heterocycles. The number of guanidine groups is 1. The Morgan fingerprint density at radius 3 is 2.41 bits per heavy atom. The van der Waals surface area contributed by atoms with Crippen LogP contribution in [0.4, 0.5) is 13.2 Å². The van der Waals surface area contributed by atoms with Crippen LogP contribution in [0.2, 0.25) is 0 Å². The molecule has 0 saturated carbocycles. The Kier molecular flexibility index (Phi) is 8.29. The second-order valence-electron chi connectivity index (χ2n) is 6.62. The molecule has 11 heteroatoms. The van der Waals surface area contributed by atoms with Crippen LogP contribution < -0.4 is 10.6 Å². The Hall–Kier alpha value is -1.85.